The molecule has 2 nitrogen and oxygen atoms in total. The van der Waals surface area contributed by atoms with Crippen LogP contribution in [0.3, 0.4) is 0 Å². The average molecular weight is 229 g/mol. The van der Waals surface area contributed by atoms with Gasteiger partial charge in [0.25, 0.3) is 0 Å². The van der Waals surface area contributed by atoms with Gasteiger partial charge >= 0.3 is 0 Å². The van der Waals surface area contributed by atoms with E-state index in [4.69, 9.17) is 5.11 Å². The number of halogens is 2. The molecule has 0 aromatic heterocycles. The Balaban J connectivity index is 2.92. The maximum Gasteiger partial charge on any atom is 0.130 e. The summed E-state index contributed by atoms with van der Waals surface area (Å²) in [6.45, 7) is 4.27. The summed E-state index contributed by atoms with van der Waals surface area (Å²) in [4.78, 5) is 0. The van der Waals surface area contributed by atoms with Gasteiger partial charge in [0, 0.05) is 24.2 Å². The van der Waals surface area contributed by atoms with Gasteiger partial charge in [-0.2, -0.15) is 0 Å². The normalized spacial score (nSPS) is 13.1. The average Bonchev–Trinajstić information content (AvgIpc) is 2.20. The number of rotatable bonds is 5. The highest BCUT2D eigenvalue weighted by Gasteiger charge is 2.18. The van der Waals surface area contributed by atoms with Crippen LogP contribution in [-0.2, 0) is 0 Å². The van der Waals surface area contributed by atoms with Gasteiger partial charge in [-0.05, 0) is 12.0 Å². The second-order valence-corrected chi connectivity index (χ2v) is 4.07. The van der Waals surface area contributed by atoms with Crippen molar-refractivity contribution in [1.29, 1.82) is 0 Å². The molecule has 0 bridgehead atoms. The predicted octanol–water partition coefficient (Wildman–Crippen LogP) is 2.24. The quantitative estimate of drug-likeness (QED) is 0.811. The van der Waals surface area contributed by atoms with Crippen molar-refractivity contribution in [2.24, 2.45) is 5.92 Å². The zero-order valence-electron chi connectivity index (χ0n) is 9.50. The minimum absolute atomic E-state index is 0.00790. The van der Waals surface area contributed by atoms with Crippen LogP contribution in [0.5, 0.6) is 0 Å². The van der Waals surface area contributed by atoms with E-state index in [2.05, 4.69) is 5.32 Å². The molecule has 0 aliphatic carbocycles. The lowest BCUT2D eigenvalue weighted by atomic mass is 9.95. The van der Waals surface area contributed by atoms with Crippen molar-refractivity contribution in [3.8, 4) is 0 Å². The third kappa shape index (κ3) is 3.25. The van der Waals surface area contributed by atoms with Crippen LogP contribution >= 0.6 is 0 Å². The number of aliphatic hydroxyl groups excluding tert-OH is 1. The molecule has 2 N–H and O–H groups in total. The number of benzene rings is 1. The summed E-state index contributed by atoms with van der Waals surface area (Å²) in [6.07, 6.45) is 0. The monoisotopic (exact) mass is 229 g/mol. The summed E-state index contributed by atoms with van der Waals surface area (Å²) in [5.74, 6) is -0.971. The number of hydrogen-bond acceptors (Lipinski definition) is 2. The molecule has 0 aliphatic heterocycles. The molecular formula is C12H17F2NO. The summed E-state index contributed by atoms with van der Waals surface area (Å²) in [5.41, 5.74) is 0.435. The zero-order chi connectivity index (χ0) is 12.1. The highest BCUT2D eigenvalue weighted by molar-refractivity contribution is 5.22. The van der Waals surface area contributed by atoms with Crippen molar-refractivity contribution in [3.05, 3.63) is 35.4 Å². The highest BCUT2D eigenvalue weighted by Crippen LogP contribution is 2.24. The Morgan fingerprint density at radius 3 is 2.50 bits per heavy atom. The van der Waals surface area contributed by atoms with Gasteiger partial charge in [-0.1, -0.05) is 19.9 Å². The first kappa shape index (κ1) is 13.1. The van der Waals surface area contributed by atoms with Crippen LogP contribution in [0.15, 0.2) is 18.2 Å². The van der Waals surface area contributed by atoms with E-state index in [1.54, 1.807) is 0 Å². The predicted molar refractivity (Wildman–Crippen MR) is 59.0 cm³/mol. The molecule has 0 saturated carbocycles. The van der Waals surface area contributed by atoms with Crippen LogP contribution in [0.1, 0.15) is 25.5 Å². The van der Waals surface area contributed by atoms with Crippen molar-refractivity contribution in [1.82, 2.24) is 5.32 Å². The fourth-order valence-electron chi connectivity index (χ4n) is 1.68. The first-order valence-corrected chi connectivity index (χ1v) is 5.35. The van der Waals surface area contributed by atoms with Crippen LogP contribution in [-0.4, -0.2) is 18.3 Å². The van der Waals surface area contributed by atoms with Crippen LogP contribution in [0.4, 0.5) is 8.78 Å². The fourth-order valence-corrected chi connectivity index (χ4v) is 1.68. The highest BCUT2D eigenvalue weighted by atomic mass is 19.1. The second kappa shape index (κ2) is 5.92. The van der Waals surface area contributed by atoms with Crippen LogP contribution in [0.25, 0.3) is 0 Å². The molecule has 1 rings (SSSR count). The zero-order valence-corrected chi connectivity index (χ0v) is 9.50. The third-order valence-corrected chi connectivity index (χ3v) is 2.44. The second-order valence-electron chi connectivity index (χ2n) is 4.07. The van der Waals surface area contributed by atoms with Gasteiger partial charge in [0.05, 0.1) is 6.61 Å². The number of aliphatic hydroxyl groups is 1. The first-order chi connectivity index (χ1) is 7.56. The molecule has 0 saturated heterocycles. The number of nitrogens with one attached hydrogen (secondary N) is 1. The smallest absolute Gasteiger partial charge is 0.130 e. The van der Waals surface area contributed by atoms with Crippen LogP contribution in [0.2, 0.25) is 0 Å². The van der Waals surface area contributed by atoms with Gasteiger partial charge in [0.15, 0.2) is 0 Å². The fraction of sp³-hybridized carbons (Fsp3) is 0.500. The minimum Gasteiger partial charge on any atom is -0.395 e. The lowest BCUT2D eigenvalue weighted by Crippen LogP contribution is -2.29. The molecular weight excluding hydrogens is 212 g/mol. The first-order valence-electron chi connectivity index (χ1n) is 5.35. The molecule has 0 heterocycles. The Morgan fingerprint density at radius 2 is 2.00 bits per heavy atom. The van der Waals surface area contributed by atoms with E-state index in [0.717, 1.165) is 6.07 Å². The largest absolute Gasteiger partial charge is 0.395 e. The summed E-state index contributed by atoms with van der Waals surface area (Å²) in [6, 6.07) is 3.35. The van der Waals surface area contributed by atoms with Crippen molar-refractivity contribution in [3.63, 3.8) is 0 Å². The lowest BCUT2D eigenvalue weighted by Gasteiger charge is -2.23. The molecule has 0 fully saturated rings. The molecule has 16 heavy (non-hydrogen) atoms. The Bertz CT molecular complexity index is 342. The molecule has 0 spiro atoms. The van der Waals surface area contributed by atoms with Gasteiger partial charge in [0.1, 0.15) is 11.6 Å². The van der Waals surface area contributed by atoms with E-state index in [1.165, 1.54) is 12.1 Å². The van der Waals surface area contributed by atoms with Crippen molar-refractivity contribution in [2.75, 3.05) is 13.2 Å². The van der Waals surface area contributed by atoms with E-state index in [-0.39, 0.29) is 18.6 Å². The van der Waals surface area contributed by atoms with Gasteiger partial charge in [0.2, 0.25) is 0 Å². The van der Waals surface area contributed by atoms with Crippen LogP contribution in [0, 0.1) is 17.6 Å². The van der Waals surface area contributed by atoms with Crippen LogP contribution < -0.4 is 5.32 Å². The molecule has 1 aromatic carbocycles. The third-order valence-electron chi connectivity index (χ3n) is 2.44. The summed E-state index contributed by atoms with van der Waals surface area (Å²) in [5, 5.41) is 11.8. The van der Waals surface area contributed by atoms with E-state index in [9.17, 15) is 8.78 Å². The minimum atomic E-state index is -0.578. The van der Waals surface area contributed by atoms with E-state index < -0.39 is 11.6 Å². The van der Waals surface area contributed by atoms with E-state index >= 15 is 0 Å². The summed E-state index contributed by atoms with van der Waals surface area (Å²) in [7, 11) is 0. The maximum absolute atomic E-state index is 13.5. The SMILES string of the molecule is CC(C)C(NCCO)c1ccc(F)cc1F. The molecule has 1 aromatic rings. The molecule has 90 valence electrons. The molecule has 1 atom stereocenters. The van der Waals surface area contributed by atoms with E-state index in [1.807, 2.05) is 13.8 Å². The van der Waals surface area contributed by atoms with Gasteiger partial charge in [-0.25, -0.2) is 8.78 Å². The molecule has 0 aliphatic rings. The summed E-state index contributed by atoms with van der Waals surface area (Å²) >= 11 is 0. The summed E-state index contributed by atoms with van der Waals surface area (Å²) < 4.78 is 26.3. The Morgan fingerprint density at radius 1 is 1.31 bits per heavy atom. The lowest BCUT2D eigenvalue weighted by molar-refractivity contribution is 0.273. The number of hydrogen-bond donors (Lipinski definition) is 2. The van der Waals surface area contributed by atoms with E-state index in [0.29, 0.717) is 12.1 Å². The van der Waals surface area contributed by atoms with Gasteiger partial charge in [-0.3, -0.25) is 0 Å². The van der Waals surface area contributed by atoms with Gasteiger partial charge < -0.3 is 10.4 Å². The van der Waals surface area contributed by atoms with Crippen molar-refractivity contribution >= 4 is 0 Å². The topological polar surface area (TPSA) is 32.3 Å². The standard InChI is InChI=1S/C12H17F2NO/c1-8(2)12(15-5-6-16)10-4-3-9(13)7-11(10)14/h3-4,7-8,12,15-16H,5-6H2,1-2H3. The molecule has 1 unspecified atom stereocenters. The molecule has 0 amide bonds. The van der Waals surface area contributed by atoms with Crippen molar-refractivity contribution < 1.29 is 13.9 Å². The van der Waals surface area contributed by atoms with Crippen molar-refractivity contribution in [2.45, 2.75) is 19.9 Å². The maximum atomic E-state index is 13.5. The molecule has 0 radical (unpaired) electrons. The Kier molecular flexibility index (Phi) is 4.83. The molecule has 4 heteroatoms. The van der Waals surface area contributed by atoms with Gasteiger partial charge in [-0.15, -0.1) is 0 Å². The Labute approximate surface area is 94.3 Å². The Hall–Kier alpha value is -1.00.